The van der Waals surface area contributed by atoms with Gasteiger partial charge < -0.3 is 15.8 Å². The van der Waals surface area contributed by atoms with Gasteiger partial charge in [-0.2, -0.15) is 0 Å². The van der Waals surface area contributed by atoms with Crippen LogP contribution in [0.5, 0.6) is 0 Å². The van der Waals surface area contributed by atoms with Crippen LogP contribution in [0.3, 0.4) is 0 Å². The molecule has 20 heavy (non-hydrogen) atoms. The molecule has 0 aliphatic carbocycles. The van der Waals surface area contributed by atoms with Crippen molar-refractivity contribution in [2.45, 2.75) is 0 Å². The van der Waals surface area contributed by atoms with Crippen LogP contribution in [0.25, 0.3) is 11.1 Å². The van der Waals surface area contributed by atoms with Crippen LogP contribution in [0.4, 0.5) is 5.69 Å². The number of rotatable bonds is 6. The van der Waals surface area contributed by atoms with Crippen molar-refractivity contribution in [2.24, 2.45) is 5.73 Å². The smallest absolute Gasteiger partial charge is 0.250 e. The number of ether oxygens (including phenoxy) is 1. The van der Waals surface area contributed by atoms with Crippen molar-refractivity contribution >= 4 is 11.6 Å². The molecule has 0 radical (unpaired) electrons. The third-order valence-corrected chi connectivity index (χ3v) is 2.77. The number of carbonyl (C=O) groups excluding carboxylic acids is 1. The van der Waals surface area contributed by atoms with Crippen LogP contribution >= 0.6 is 0 Å². The van der Waals surface area contributed by atoms with E-state index in [0.717, 1.165) is 16.8 Å². The zero-order valence-corrected chi connectivity index (χ0v) is 11.2. The van der Waals surface area contributed by atoms with Crippen molar-refractivity contribution in [1.29, 1.82) is 0 Å². The maximum absolute atomic E-state index is 11.6. The Kier molecular flexibility index (Phi) is 5.29. The lowest BCUT2D eigenvalue weighted by Gasteiger charge is -2.07. The quantitative estimate of drug-likeness (QED) is 0.791. The molecule has 2 rings (SSSR count). The van der Waals surface area contributed by atoms with E-state index in [0.29, 0.717) is 13.2 Å². The molecular weight excluding hydrogens is 252 g/mol. The summed E-state index contributed by atoms with van der Waals surface area (Å²) < 4.78 is 5.07. The van der Waals surface area contributed by atoms with E-state index >= 15 is 0 Å². The normalized spacial score (nSPS) is 10.2. The molecule has 0 aliphatic heterocycles. The average molecular weight is 270 g/mol. The van der Waals surface area contributed by atoms with E-state index in [2.05, 4.69) is 5.32 Å². The first-order valence-corrected chi connectivity index (χ1v) is 6.53. The predicted octanol–water partition coefficient (Wildman–Crippen LogP) is 2.27. The maximum Gasteiger partial charge on any atom is 0.250 e. The molecule has 4 heteroatoms. The van der Waals surface area contributed by atoms with E-state index in [-0.39, 0.29) is 12.5 Å². The van der Waals surface area contributed by atoms with Crippen LogP contribution in [0.2, 0.25) is 0 Å². The Balaban J connectivity index is 1.93. The van der Waals surface area contributed by atoms with Crippen molar-refractivity contribution in [2.75, 3.05) is 25.1 Å². The third-order valence-electron chi connectivity index (χ3n) is 2.77. The summed E-state index contributed by atoms with van der Waals surface area (Å²) in [6.07, 6.45) is 0. The van der Waals surface area contributed by atoms with Gasteiger partial charge in [0.1, 0.15) is 6.61 Å². The third kappa shape index (κ3) is 4.19. The van der Waals surface area contributed by atoms with Crippen LogP contribution in [0.1, 0.15) is 0 Å². The number of anilines is 1. The number of amides is 1. The summed E-state index contributed by atoms with van der Waals surface area (Å²) in [6, 6.07) is 17.8. The van der Waals surface area contributed by atoms with Crippen molar-refractivity contribution in [1.82, 2.24) is 0 Å². The molecule has 104 valence electrons. The molecule has 2 aromatic carbocycles. The maximum atomic E-state index is 11.6. The summed E-state index contributed by atoms with van der Waals surface area (Å²) in [4.78, 5) is 11.6. The number of carbonyl (C=O) groups is 1. The Bertz CT molecular complexity index is 538. The highest BCUT2D eigenvalue weighted by Gasteiger charge is 2.02. The van der Waals surface area contributed by atoms with E-state index in [1.165, 1.54) is 0 Å². The van der Waals surface area contributed by atoms with Gasteiger partial charge in [0.2, 0.25) is 5.91 Å². The van der Waals surface area contributed by atoms with Gasteiger partial charge in [-0.1, -0.05) is 42.5 Å². The summed E-state index contributed by atoms with van der Waals surface area (Å²) >= 11 is 0. The Labute approximate surface area is 118 Å². The number of hydrogen-bond acceptors (Lipinski definition) is 3. The summed E-state index contributed by atoms with van der Waals surface area (Å²) in [6.45, 7) is 0.830. The van der Waals surface area contributed by atoms with Crippen LogP contribution < -0.4 is 11.1 Å². The van der Waals surface area contributed by atoms with E-state index in [1.807, 2.05) is 54.6 Å². The fourth-order valence-electron chi connectivity index (χ4n) is 1.82. The summed E-state index contributed by atoms with van der Waals surface area (Å²) in [5.74, 6) is -0.175. The highest BCUT2D eigenvalue weighted by atomic mass is 16.5. The molecule has 0 spiro atoms. The van der Waals surface area contributed by atoms with Crippen LogP contribution in [-0.2, 0) is 9.53 Å². The van der Waals surface area contributed by atoms with Gasteiger partial charge in [0.05, 0.1) is 6.61 Å². The second kappa shape index (κ2) is 7.43. The lowest BCUT2D eigenvalue weighted by atomic mass is 10.1. The minimum absolute atomic E-state index is 0.0254. The molecule has 0 bridgehead atoms. The van der Waals surface area contributed by atoms with Gasteiger partial charge in [-0.25, -0.2) is 0 Å². The number of benzene rings is 2. The minimum Gasteiger partial charge on any atom is -0.370 e. The predicted molar refractivity (Wildman–Crippen MR) is 80.4 cm³/mol. The molecule has 0 saturated carbocycles. The standard InChI is InChI=1S/C16H18N2O2/c17-10-11-20-12-16(19)18-15-8-6-14(7-9-15)13-4-2-1-3-5-13/h1-9H,10-12,17H2,(H,18,19). The lowest BCUT2D eigenvalue weighted by Crippen LogP contribution is -2.20. The zero-order valence-electron chi connectivity index (χ0n) is 11.2. The lowest BCUT2D eigenvalue weighted by molar-refractivity contribution is -0.120. The van der Waals surface area contributed by atoms with E-state index in [4.69, 9.17) is 10.5 Å². The molecule has 2 aromatic rings. The largest absolute Gasteiger partial charge is 0.370 e. The van der Waals surface area contributed by atoms with Crippen LogP contribution in [0, 0.1) is 0 Å². The Morgan fingerprint density at radius 2 is 1.65 bits per heavy atom. The van der Waals surface area contributed by atoms with Crippen molar-refractivity contribution < 1.29 is 9.53 Å². The second-order valence-electron chi connectivity index (χ2n) is 4.33. The van der Waals surface area contributed by atoms with Gasteiger partial charge in [-0.15, -0.1) is 0 Å². The van der Waals surface area contributed by atoms with E-state index in [9.17, 15) is 4.79 Å². The van der Waals surface area contributed by atoms with Crippen LogP contribution in [0.15, 0.2) is 54.6 Å². The summed E-state index contributed by atoms with van der Waals surface area (Å²) in [7, 11) is 0. The molecule has 3 N–H and O–H groups in total. The van der Waals surface area contributed by atoms with Crippen molar-refractivity contribution in [3.05, 3.63) is 54.6 Å². The molecule has 0 saturated heterocycles. The SMILES string of the molecule is NCCOCC(=O)Nc1ccc(-c2ccccc2)cc1. The molecule has 0 heterocycles. The average Bonchev–Trinajstić information content (AvgIpc) is 2.49. The molecule has 0 fully saturated rings. The molecule has 4 nitrogen and oxygen atoms in total. The first kappa shape index (κ1) is 14.2. The molecule has 0 unspecified atom stereocenters. The number of nitrogens with two attached hydrogens (primary N) is 1. The molecule has 0 atom stereocenters. The van der Waals surface area contributed by atoms with Crippen molar-refractivity contribution in [3.8, 4) is 11.1 Å². The monoisotopic (exact) mass is 270 g/mol. The summed E-state index contributed by atoms with van der Waals surface area (Å²) in [5.41, 5.74) is 8.30. The molecule has 0 aromatic heterocycles. The number of hydrogen-bond donors (Lipinski definition) is 2. The Hall–Kier alpha value is -2.17. The van der Waals surface area contributed by atoms with Gasteiger partial charge in [0.25, 0.3) is 0 Å². The van der Waals surface area contributed by atoms with Crippen molar-refractivity contribution in [3.63, 3.8) is 0 Å². The Morgan fingerprint density at radius 3 is 2.30 bits per heavy atom. The fraction of sp³-hybridized carbons (Fsp3) is 0.188. The molecule has 1 amide bonds. The number of nitrogens with one attached hydrogen (secondary N) is 1. The zero-order chi connectivity index (χ0) is 14.2. The van der Waals surface area contributed by atoms with Gasteiger partial charge in [-0.05, 0) is 23.3 Å². The fourth-order valence-corrected chi connectivity index (χ4v) is 1.82. The van der Waals surface area contributed by atoms with E-state index in [1.54, 1.807) is 0 Å². The van der Waals surface area contributed by atoms with Gasteiger partial charge in [-0.3, -0.25) is 4.79 Å². The summed E-state index contributed by atoms with van der Waals surface area (Å²) in [5, 5.41) is 2.77. The Morgan fingerprint density at radius 1 is 1.00 bits per heavy atom. The first-order chi connectivity index (χ1) is 9.79. The van der Waals surface area contributed by atoms with Crippen LogP contribution in [-0.4, -0.2) is 25.7 Å². The second-order valence-corrected chi connectivity index (χ2v) is 4.33. The highest BCUT2D eigenvalue weighted by Crippen LogP contribution is 2.20. The molecular formula is C16H18N2O2. The highest BCUT2D eigenvalue weighted by molar-refractivity contribution is 5.91. The first-order valence-electron chi connectivity index (χ1n) is 6.53. The molecule has 0 aliphatic rings. The van der Waals surface area contributed by atoms with E-state index < -0.39 is 0 Å². The van der Waals surface area contributed by atoms with Gasteiger partial charge in [0, 0.05) is 12.2 Å². The topological polar surface area (TPSA) is 64.3 Å². The van der Waals surface area contributed by atoms with Gasteiger partial charge in [0.15, 0.2) is 0 Å². The van der Waals surface area contributed by atoms with Gasteiger partial charge >= 0.3 is 0 Å². The minimum atomic E-state index is -0.175.